The van der Waals surface area contributed by atoms with Crippen molar-refractivity contribution in [3.05, 3.63) is 57.3 Å². The van der Waals surface area contributed by atoms with Crippen LogP contribution in [0.2, 0.25) is 0 Å². The van der Waals surface area contributed by atoms with Crippen molar-refractivity contribution >= 4 is 17.2 Å². The maximum Gasteiger partial charge on any atom is 0.236 e. The highest BCUT2D eigenvalue weighted by Crippen LogP contribution is 2.32. The van der Waals surface area contributed by atoms with Crippen molar-refractivity contribution in [1.82, 2.24) is 14.7 Å². The molecule has 1 amide bonds. The topological polar surface area (TPSA) is 26.8 Å². The monoisotopic (exact) mass is 397 g/mol. The zero-order chi connectivity index (χ0) is 19.5. The minimum absolute atomic E-state index is 0.295. The highest BCUT2D eigenvalue weighted by atomic mass is 32.1. The van der Waals surface area contributed by atoms with Crippen LogP contribution in [0.1, 0.15) is 41.0 Å². The Kier molecular flexibility index (Phi) is 6.14. The SMILES string of the molecule is Cc1ccccc1CN1CCCN(C(=O)CN2CCc3sccc3C2C)CC1. The third-order valence-electron chi connectivity index (χ3n) is 6.34. The van der Waals surface area contributed by atoms with E-state index in [-0.39, 0.29) is 0 Å². The third-order valence-corrected chi connectivity index (χ3v) is 7.34. The molecule has 1 aromatic carbocycles. The van der Waals surface area contributed by atoms with Gasteiger partial charge >= 0.3 is 0 Å². The summed E-state index contributed by atoms with van der Waals surface area (Å²) in [5.41, 5.74) is 4.17. The number of benzene rings is 1. The van der Waals surface area contributed by atoms with Gasteiger partial charge in [-0.3, -0.25) is 14.6 Å². The van der Waals surface area contributed by atoms with Crippen LogP contribution in [-0.2, 0) is 17.8 Å². The van der Waals surface area contributed by atoms with Crippen molar-refractivity contribution < 1.29 is 4.79 Å². The fourth-order valence-corrected chi connectivity index (χ4v) is 5.42. The Bertz CT molecular complexity index is 818. The van der Waals surface area contributed by atoms with E-state index < -0.39 is 0 Å². The summed E-state index contributed by atoms with van der Waals surface area (Å²) in [6, 6.07) is 11.2. The predicted molar refractivity (Wildman–Crippen MR) is 116 cm³/mol. The summed E-state index contributed by atoms with van der Waals surface area (Å²) in [7, 11) is 0. The minimum Gasteiger partial charge on any atom is -0.340 e. The Morgan fingerprint density at radius 3 is 2.82 bits per heavy atom. The molecule has 28 heavy (non-hydrogen) atoms. The first-order valence-corrected chi connectivity index (χ1v) is 11.3. The number of carbonyl (C=O) groups excluding carboxylic acids is 1. The van der Waals surface area contributed by atoms with Gasteiger partial charge in [-0.15, -0.1) is 11.3 Å². The summed E-state index contributed by atoms with van der Waals surface area (Å²) in [5, 5.41) is 2.18. The summed E-state index contributed by atoms with van der Waals surface area (Å²) < 4.78 is 0. The average Bonchev–Trinajstić information content (AvgIpc) is 3.05. The molecular formula is C23H31N3OS. The van der Waals surface area contributed by atoms with Crippen molar-refractivity contribution in [3.63, 3.8) is 0 Å². The molecule has 0 radical (unpaired) electrons. The molecule has 1 fully saturated rings. The molecule has 150 valence electrons. The van der Waals surface area contributed by atoms with Crippen LogP contribution in [-0.4, -0.2) is 59.9 Å². The maximum atomic E-state index is 13.0. The Morgan fingerprint density at radius 1 is 1.11 bits per heavy atom. The molecule has 2 aliphatic rings. The minimum atomic E-state index is 0.295. The third kappa shape index (κ3) is 4.32. The van der Waals surface area contributed by atoms with E-state index in [1.165, 1.54) is 21.6 Å². The van der Waals surface area contributed by atoms with Crippen LogP contribution in [0.5, 0.6) is 0 Å². The van der Waals surface area contributed by atoms with Crippen LogP contribution in [0.25, 0.3) is 0 Å². The zero-order valence-corrected chi connectivity index (χ0v) is 17.9. The summed E-state index contributed by atoms with van der Waals surface area (Å²) in [5.74, 6) is 0.295. The Labute approximate surface area is 172 Å². The van der Waals surface area contributed by atoms with Crippen LogP contribution in [0, 0.1) is 6.92 Å². The maximum absolute atomic E-state index is 13.0. The predicted octanol–water partition coefficient (Wildman–Crippen LogP) is 3.71. The van der Waals surface area contributed by atoms with E-state index in [9.17, 15) is 4.79 Å². The van der Waals surface area contributed by atoms with E-state index in [2.05, 4.69) is 64.3 Å². The molecular weight excluding hydrogens is 366 g/mol. The van der Waals surface area contributed by atoms with Gasteiger partial charge in [0.1, 0.15) is 0 Å². The second-order valence-electron chi connectivity index (χ2n) is 8.13. The lowest BCUT2D eigenvalue weighted by atomic mass is 10.0. The second-order valence-corrected chi connectivity index (χ2v) is 9.13. The molecule has 1 aromatic heterocycles. The lowest BCUT2D eigenvalue weighted by Crippen LogP contribution is -2.44. The van der Waals surface area contributed by atoms with Crippen LogP contribution in [0.4, 0.5) is 0 Å². The van der Waals surface area contributed by atoms with E-state index >= 15 is 0 Å². The molecule has 0 spiro atoms. The lowest BCUT2D eigenvalue weighted by molar-refractivity contribution is -0.133. The van der Waals surface area contributed by atoms with E-state index in [0.717, 1.165) is 52.1 Å². The van der Waals surface area contributed by atoms with Gasteiger partial charge in [0.2, 0.25) is 5.91 Å². The first-order chi connectivity index (χ1) is 13.6. The van der Waals surface area contributed by atoms with Crippen molar-refractivity contribution in [2.24, 2.45) is 0 Å². The fraction of sp³-hybridized carbons (Fsp3) is 0.522. The van der Waals surface area contributed by atoms with Crippen molar-refractivity contribution in [2.75, 3.05) is 39.3 Å². The molecule has 0 bridgehead atoms. The number of nitrogens with zero attached hydrogens (tertiary/aromatic N) is 3. The summed E-state index contributed by atoms with van der Waals surface area (Å²) in [4.78, 5) is 21.4. The number of hydrogen-bond acceptors (Lipinski definition) is 4. The quantitative estimate of drug-likeness (QED) is 0.787. The standard InChI is InChI=1S/C23H31N3OS/c1-18-6-3-4-7-20(18)16-24-10-5-11-25(14-13-24)23(27)17-26-12-8-22-21(19(26)2)9-15-28-22/h3-4,6-7,9,15,19H,5,8,10-14,16-17H2,1-2H3. The normalized spacial score (nSPS) is 21.4. The van der Waals surface area contributed by atoms with Crippen LogP contribution in [0.3, 0.4) is 0 Å². The number of rotatable bonds is 4. The molecule has 4 rings (SSSR count). The zero-order valence-electron chi connectivity index (χ0n) is 17.1. The van der Waals surface area contributed by atoms with Gasteiger partial charge in [-0.05, 0) is 54.8 Å². The molecule has 5 heteroatoms. The Hall–Kier alpha value is -1.69. The molecule has 1 unspecified atom stereocenters. The molecule has 0 saturated carbocycles. The summed E-state index contributed by atoms with van der Waals surface area (Å²) in [6.07, 6.45) is 2.14. The van der Waals surface area contributed by atoms with Gasteiger partial charge in [0.15, 0.2) is 0 Å². The fourth-order valence-electron chi connectivity index (χ4n) is 4.46. The van der Waals surface area contributed by atoms with Gasteiger partial charge in [0, 0.05) is 50.2 Å². The van der Waals surface area contributed by atoms with E-state index in [1.807, 2.05) is 11.3 Å². The smallest absolute Gasteiger partial charge is 0.236 e. The van der Waals surface area contributed by atoms with E-state index in [4.69, 9.17) is 0 Å². The molecule has 4 nitrogen and oxygen atoms in total. The highest BCUT2D eigenvalue weighted by molar-refractivity contribution is 7.10. The van der Waals surface area contributed by atoms with E-state index in [0.29, 0.717) is 18.5 Å². The van der Waals surface area contributed by atoms with Gasteiger partial charge in [0.05, 0.1) is 6.54 Å². The first kappa shape index (κ1) is 19.6. The number of carbonyl (C=O) groups is 1. The Balaban J connectivity index is 1.32. The number of thiophene rings is 1. The molecule has 0 N–H and O–H groups in total. The second kappa shape index (κ2) is 8.76. The van der Waals surface area contributed by atoms with E-state index in [1.54, 1.807) is 0 Å². The first-order valence-electron chi connectivity index (χ1n) is 10.5. The van der Waals surface area contributed by atoms with Gasteiger partial charge in [-0.25, -0.2) is 0 Å². The number of aryl methyl sites for hydroxylation is 1. The molecule has 2 aliphatic heterocycles. The average molecular weight is 398 g/mol. The Morgan fingerprint density at radius 2 is 1.96 bits per heavy atom. The van der Waals surface area contributed by atoms with Gasteiger partial charge < -0.3 is 4.90 Å². The van der Waals surface area contributed by atoms with Gasteiger partial charge in [0.25, 0.3) is 0 Å². The number of fused-ring (bicyclic) bond motifs is 1. The lowest BCUT2D eigenvalue weighted by Gasteiger charge is -2.34. The van der Waals surface area contributed by atoms with Crippen LogP contribution >= 0.6 is 11.3 Å². The molecule has 1 atom stereocenters. The van der Waals surface area contributed by atoms with Gasteiger partial charge in [-0.1, -0.05) is 24.3 Å². The molecule has 1 saturated heterocycles. The highest BCUT2D eigenvalue weighted by Gasteiger charge is 2.28. The van der Waals surface area contributed by atoms with Crippen LogP contribution in [0.15, 0.2) is 35.7 Å². The number of hydrogen-bond donors (Lipinski definition) is 0. The summed E-state index contributed by atoms with van der Waals surface area (Å²) >= 11 is 1.86. The molecule has 3 heterocycles. The van der Waals surface area contributed by atoms with Gasteiger partial charge in [-0.2, -0.15) is 0 Å². The van der Waals surface area contributed by atoms with Crippen molar-refractivity contribution in [1.29, 1.82) is 0 Å². The van der Waals surface area contributed by atoms with Crippen LogP contribution < -0.4 is 0 Å². The molecule has 0 aliphatic carbocycles. The largest absolute Gasteiger partial charge is 0.340 e. The van der Waals surface area contributed by atoms with Crippen molar-refractivity contribution in [2.45, 2.75) is 39.3 Å². The van der Waals surface area contributed by atoms with Crippen molar-refractivity contribution in [3.8, 4) is 0 Å². The molecule has 2 aromatic rings. The number of amides is 1. The summed E-state index contributed by atoms with van der Waals surface area (Å²) in [6.45, 7) is 10.7.